The van der Waals surface area contributed by atoms with E-state index in [2.05, 4.69) is 5.32 Å². The van der Waals surface area contributed by atoms with Gasteiger partial charge < -0.3 is 24.8 Å². The van der Waals surface area contributed by atoms with Gasteiger partial charge in [-0.05, 0) is 40.0 Å². The molecule has 3 unspecified atom stereocenters. The molecule has 1 heterocycles. The van der Waals surface area contributed by atoms with Gasteiger partial charge in [-0.1, -0.05) is 0 Å². The Bertz CT molecular complexity index is 421. The summed E-state index contributed by atoms with van der Waals surface area (Å²) in [5, 5.41) is 12.8. The van der Waals surface area contributed by atoms with Gasteiger partial charge in [0.25, 0.3) is 0 Å². The summed E-state index contributed by atoms with van der Waals surface area (Å²) in [4.78, 5) is 25.7. The van der Waals surface area contributed by atoms with E-state index in [1.165, 1.54) is 0 Å². The first kappa shape index (κ1) is 17.0. The number of morpholine rings is 1. The zero-order chi connectivity index (χ0) is 16.3. The second-order valence-electron chi connectivity index (χ2n) is 6.93. The first-order valence-corrected chi connectivity index (χ1v) is 7.81. The highest BCUT2D eigenvalue weighted by Gasteiger charge is 2.38. The molecule has 3 atom stereocenters. The Morgan fingerprint density at radius 2 is 2.14 bits per heavy atom. The maximum atomic E-state index is 12.0. The van der Waals surface area contributed by atoms with Crippen LogP contribution in [0.25, 0.3) is 0 Å². The van der Waals surface area contributed by atoms with E-state index >= 15 is 0 Å². The lowest BCUT2D eigenvalue weighted by molar-refractivity contribution is -0.148. The number of amides is 2. The maximum absolute atomic E-state index is 12.0. The molecule has 1 saturated heterocycles. The number of nitrogens with zero attached hydrogens (tertiary/aromatic N) is 1. The van der Waals surface area contributed by atoms with Gasteiger partial charge in [-0.25, -0.2) is 4.79 Å². The molecule has 0 aromatic carbocycles. The average Bonchev–Trinajstić information content (AvgIpc) is 2.39. The van der Waals surface area contributed by atoms with Crippen molar-refractivity contribution >= 4 is 12.0 Å². The molecule has 0 aromatic heterocycles. The quantitative estimate of drug-likeness (QED) is 0.781. The SMILES string of the molecule is CC(C)(C)OC(=O)NC1CCC(O)CC1N1CCOCC1=O. The molecule has 2 fully saturated rings. The van der Waals surface area contributed by atoms with Crippen LogP contribution in [0, 0.1) is 0 Å². The van der Waals surface area contributed by atoms with Crippen molar-refractivity contribution in [1.82, 2.24) is 10.2 Å². The van der Waals surface area contributed by atoms with Gasteiger partial charge in [-0.2, -0.15) is 0 Å². The molecule has 0 spiro atoms. The van der Waals surface area contributed by atoms with Crippen molar-refractivity contribution < 1.29 is 24.2 Å². The molecular weight excluding hydrogens is 288 g/mol. The van der Waals surface area contributed by atoms with Crippen LogP contribution in [0.3, 0.4) is 0 Å². The minimum Gasteiger partial charge on any atom is -0.444 e. The normalized spacial score (nSPS) is 30.1. The summed E-state index contributed by atoms with van der Waals surface area (Å²) in [6.07, 6.45) is 0.758. The molecule has 0 aromatic rings. The Balaban J connectivity index is 2.03. The molecule has 126 valence electrons. The summed E-state index contributed by atoms with van der Waals surface area (Å²) in [7, 11) is 0. The number of nitrogens with one attached hydrogen (secondary N) is 1. The highest BCUT2D eigenvalue weighted by atomic mass is 16.6. The third-order valence-electron chi connectivity index (χ3n) is 3.91. The van der Waals surface area contributed by atoms with Crippen molar-refractivity contribution in [3.05, 3.63) is 0 Å². The van der Waals surface area contributed by atoms with Crippen molar-refractivity contribution in [2.75, 3.05) is 19.8 Å². The Hall–Kier alpha value is -1.34. The standard InChI is InChI=1S/C15H26N2O5/c1-15(2,3)22-14(20)16-11-5-4-10(18)8-12(11)17-6-7-21-9-13(17)19/h10-12,18H,4-9H2,1-3H3,(H,16,20). The van der Waals surface area contributed by atoms with Crippen molar-refractivity contribution in [2.24, 2.45) is 0 Å². The minimum atomic E-state index is -0.567. The van der Waals surface area contributed by atoms with Crippen LogP contribution in [0.5, 0.6) is 0 Å². The van der Waals surface area contributed by atoms with Gasteiger partial charge in [-0.3, -0.25) is 4.79 Å². The molecular formula is C15H26N2O5. The lowest BCUT2D eigenvalue weighted by Gasteiger charge is -2.43. The molecule has 2 rings (SSSR count). The van der Waals surface area contributed by atoms with E-state index in [0.29, 0.717) is 32.4 Å². The Morgan fingerprint density at radius 3 is 2.77 bits per heavy atom. The van der Waals surface area contributed by atoms with Gasteiger partial charge >= 0.3 is 6.09 Å². The van der Waals surface area contributed by atoms with Gasteiger partial charge in [0.1, 0.15) is 12.2 Å². The van der Waals surface area contributed by atoms with Crippen molar-refractivity contribution in [3.8, 4) is 0 Å². The van der Waals surface area contributed by atoms with Gasteiger partial charge in [0.15, 0.2) is 0 Å². The van der Waals surface area contributed by atoms with Crippen LogP contribution in [0.4, 0.5) is 4.79 Å². The summed E-state index contributed by atoms with van der Waals surface area (Å²) >= 11 is 0. The van der Waals surface area contributed by atoms with E-state index in [1.807, 2.05) is 0 Å². The van der Waals surface area contributed by atoms with E-state index in [0.717, 1.165) is 0 Å². The van der Waals surface area contributed by atoms with Gasteiger partial charge in [0.2, 0.25) is 5.91 Å². The van der Waals surface area contributed by atoms with Gasteiger partial charge in [-0.15, -0.1) is 0 Å². The van der Waals surface area contributed by atoms with E-state index in [4.69, 9.17) is 9.47 Å². The fourth-order valence-electron chi connectivity index (χ4n) is 2.98. The van der Waals surface area contributed by atoms with Crippen LogP contribution in [-0.4, -0.2) is 65.6 Å². The molecule has 0 bridgehead atoms. The van der Waals surface area contributed by atoms with E-state index in [1.54, 1.807) is 25.7 Å². The van der Waals surface area contributed by atoms with Gasteiger partial charge in [0, 0.05) is 6.54 Å². The molecule has 0 radical (unpaired) electrons. The lowest BCUT2D eigenvalue weighted by atomic mass is 9.87. The summed E-state index contributed by atoms with van der Waals surface area (Å²) in [5.41, 5.74) is -0.567. The van der Waals surface area contributed by atoms with Crippen LogP contribution >= 0.6 is 0 Å². The first-order valence-electron chi connectivity index (χ1n) is 7.81. The molecule has 1 aliphatic heterocycles. The van der Waals surface area contributed by atoms with Gasteiger partial charge in [0.05, 0.1) is 24.8 Å². The molecule has 2 amide bonds. The van der Waals surface area contributed by atoms with Crippen molar-refractivity contribution in [1.29, 1.82) is 0 Å². The maximum Gasteiger partial charge on any atom is 0.407 e. The van der Waals surface area contributed by atoms with E-state index in [-0.39, 0.29) is 24.6 Å². The number of ether oxygens (including phenoxy) is 2. The second kappa shape index (κ2) is 6.83. The highest BCUT2D eigenvalue weighted by Crippen LogP contribution is 2.25. The Kier molecular flexibility index (Phi) is 5.28. The average molecular weight is 314 g/mol. The molecule has 7 nitrogen and oxygen atoms in total. The fourth-order valence-corrected chi connectivity index (χ4v) is 2.98. The van der Waals surface area contributed by atoms with E-state index < -0.39 is 17.8 Å². The number of hydrogen-bond acceptors (Lipinski definition) is 5. The Morgan fingerprint density at radius 1 is 1.41 bits per heavy atom. The molecule has 7 heteroatoms. The van der Waals surface area contributed by atoms with Crippen LogP contribution in [0.15, 0.2) is 0 Å². The summed E-state index contributed by atoms with van der Waals surface area (Å²) in [6, 6.07) is -0.423. The van der Waals surface area contributed by atoms with Crippen molar-refractivity contribution in [3.63, 3.8) is 0 Å². The van der Waals surface area contributed by atoms with Crippen LogP contribution in [-0.2, 0) is 14.3 Å². The predicted octanol–water partition coefficient (Wildman–Crippen LogP) is 0.652. The number of rotatable bonds is 2. The molecule has 22 heavy (non-hydrogen) atoms. The number of carbonyl (C=O) groups is 2. The second-order valence-corrected chi connectivity index (χ2v) is 6.93. The van der Waals surface area contributed by atoms with Crippen molar-refractivity contribution in [2.45, 2.75) is 63.8 Å². The third-order valence-corrected chi connectivity index (χ3v) is 3.91. The first-order chi connectivity index (χ1) is 10.3. The molecule has 2 N–H and O–H groups in total. The highest BCUT2D eigenvalue weighted by molar-refractivity contribution is 5.78. The fraction of sp³-hybridized carbons (Fsp3) is 0.867. The predicted molar refractivity (Wildman–Crippen MR) is 79.3 cm³/mol. The number of aliphatic hydroxyl groups is 1. The molecule has 1 saturated carbocycles. The topological polar surface area (TPSA) is 88.1 Å². The van der Waals surface area contributed by atoms with Crippen LogP contribution in [0.1, 0.15) is 40.0 Å². The zero-order valence-corrected chi connectivity index (χ0v) is 13.5. The largest absolute Gasteiger partial charge is 0.444 e. The Labute approximate surface area is 130 Å². The monoisotopic (exact) mass is 314 g/mol. The molecule has 1 aliphatic carbocycles. The number of carbonyl (C=O) groups excluding carboxylic acids is 2. The number of hydrogen-bond donors (Lipinski definition) is 2. The minimum absolute atomic E-state index is 0.0613. The van der Waals surface area contributed by atoms with Crippen LogP contribution in [0.2, 0.25) is 0 Å². The third kappa shape index (κ3) is 4.58. The zero-order valence-electron chi connectivity index (χ0n) is 13.5. The number of alkyl carbamates (subject to hydrolysis) is 1. The van der Waals surface area contributed by atoms with E-state index in [9.17, 15) is 14.7 Å². The smallest absolute Gasteiger partial charge is 0.407 e. The van der Waals surface area contributed by atoms with Crippen LogP contribution < -0.4 is 5.32 Å². The number of aliphatic hydroxyl groups excluding tert-OH is 1. The lowest BCUT2D eigenvalue weighted by Crippen LogP contribution is -2.59. The summed E-state index contributed by atoms with van der Waals surface area (Å²) in [6.45, 7) is 6.45. The molecule has 2 aliphatic rings. The summed E-state index contributed by atoms with van der Waals surface area (Å²) < 4.78 is 10.4. The summed E-state index contributed by atoms with van der Waals surface area (Å²) in [5.74, 6) is -0.0960.